The van der Waals surface area contributed by atoms with Crippen LogP contribution in [0.5, 0.6) is 0 Å². The summed E-state index contributed by atoms with van der Waals surface area (Å²) in [6.07, 6.45) is 4.10. The SMILES string of the molecule is C[C@@H]1C[C@@H]1c1ccc(/C=N\Nc2cn[nH]c(=O)c2Cl)o1. The van der Waals surface area contributed by atoms with Crippen LogP contribution in [-0.4, -0.2) is 16.4 Å². The van der Waals surface area contributed by atoms with Crippen molar-refractivity contribution in [1.29, 1.82) is 0 Å². The van der Waals surface area contributed by atoms with E-state index in [1.807, 2.05) is 12.1 Å². The van der Waals surface area contributed by atoms with Crippen molar-refractivity contribution in [2.45, 2.75) is 19.3 Å². The van der Waals surface area contributed by atoms with E-state index in [2.05, 4.69) is 27.6 Å². The fraction of sp³-hybridized carbons (Fsp3) is 0.308. The van der Waals surface area contributed by atoms with E-state index in [1.54, 1.807) is 0 Å². The number of halogens is 1. The van der Waals surface area contributed by atoms with E-state index >= 15 is 0 Å². The molecule has 2 atom stereocenters. The van der Waals surface area contributed by atoms with Crippen molar-refractivity contribution in [1.82, 2.24) is 10.2 Å². The van der Waals surface area contributed by atoms with Gasteiger partial charge in [0.05, 0.1) is 12.4 Å². The molecule has 1 fully saturated rings. The van der Waals surface area contributed by atoms with Crippen LogP contribution in [0.25, 0.3) is 0 Å². The molecule has 2 heterocycles. The monoisotopic (exact) mass is 292 g/mol. The summed E-state index contributed by atoms with van der Waals surface area (Å²) < 4.78 is 5.66. The van der Waals surface area contributed by atoms with Crippen molar-refractivity contribution < 1.29 is 4.42 Å². The van der Waals surface area contributed by atoms with E-state index < -0.39 is 5.56 Å². The van der Waals surface area contributed by atoms with Gasteiger partial charge in [-0.1, -0.05) is 18.5 Å². The van der Waals surface area contributed by atoms with Crippen LogP contribution in [0.3, 0.4) is 0 Å². The van der Waals surface area contributed by atoms with Crippen LogP contribution in [0, 0.1) is 5.92 Å². The Kier molecular flexibility index (Phi) is 3.31. The number of rotatable bonds is 4. The van der Waals surface area contributed by atoms with Crippen LogP contribution in [0.1, 0.15) is 30.8 Å². The van der Waals surface area contributed by atoms with Crippen LogP contribution in [0.2, 0.25) is 5.02 Å². The van der Waals surface area contributed by atoms with Gasteiger partial charge in [-0.3, -0.25) is 10.2 Å². The highest BCUT2D eigenvalue weighted by molar-refractivity contribution is 6.32. The minimum atomic E-state index is -0.463. The lowest BCUT2D eigenvalue weighted by Gasteiger charge is -1.99. The first-order valence-electron chi connectivity index (χ1n) is 6.27. The molecule has 0 aromatic carbocycles. The molecule has 0 radical (unpaired) electrons. The molecular weight excluding hydrogens is 280 g/mol. The quantitative estimate of drug-likeness (QED) is 0.670. The molecular formula is C13H13ClN4O2. The predicted octanol–water partition coefficient (Wildman–Crippen LogP) is 2.59. The lowest BCUT2D eigenvalue weighted by atomic mass is 10.3. The normalized spacial score (nSPS) is 21.3. The summed E-state index contributed by atoms with van der Waals surface area (Å²) >= 11 is 5.80. The van der Waals surface area contributed by atoms with Gasteiger partial charge in [0, 0.05) is 5.92 Å². The van der Waals surface area contributed by atoms with Gasteiger partial charge in [-0.25, -0.2) is 5.10 Å². The van der Waals surface area contributed by atoms with Gasteiger partial charge in [0.1, 0.15) is 22.2 Å². The predicted molar refractivity (Wildman–Crippen MR) is 76.3 cm³/mol. The number of aromatic nitrogens is 2. The summed E-state index contributed by atoms with van der Waals surface area (Å²) in [5.74, 6) is 2.89. The van der Waals surface area contributed by atoms with Gasteiger partial charge in [-0.05, 0) is 24.5 Å². The second-order valence-electron chi connectivity index (χ2n) is 4.86. The molecule has 2 aromatic rings. The van der Waals surface area contributed by atoms with Gasteiger partial charge in [0.25, 0.3) is 5.56 Å². The van der Waals surface area contributed by atoms with Crippen LogP contribution < -0.4 is 11.0 Å². The van der Waals surface area contributed by atoms with E-state index in [0.29, 0.717) is 23.3 Å². The molecule has 104 valence electrons. The molecule has 2 aromatic heterocycles. The Labute approximate surface area is 119 Å². The zero-order valence-corrected chi connectivity index (χ0v) is 11.5. The third-order valence-electron chi connectivity index (χ3n) is 3.29. The Hall–Kier alpha value is -2.08. The smallest absolute Gasteiger partial charge is 0.285 e. The van der Waals surface area contributed by atoms with Gasteiger partial charge >= 0.3 is 0 Å². The Morgan fingerprint density at radius 3 is 3.15 bits per heavy atom. The van der Waals surface area contributed by atoms with Crippen molar-refractivity contribution in [2.24, 2.45) is 11.0 Å². The Morgan fingerprint density at radius 2 is 2.40 bits per heavy atom. The Bertz CT molecular complexity index is 706. The number of H-pyrrole nitrogens is 1. The highest BCUT2D eigenvalue weighted by atomic mass is 35.5. The van der Waals surface area contributed by atoms with Gasteiger partial charge in [-0.15, -0.1) is 0 Å². The van der Waals surface area contributed by atoms with E-state index in [4.69, 9.17) is 16.0 Å². The maximum absolute atomic E-state index is 11.2. The molecule has 7 heteroatoms. The fourth-order valence-corrected chi connectivity index (χ4v) is 2.12. The second kappa shape index (κ2) is 5.13. The average Bonchev–Trinajstić information content (AvgIpc) is 2.98. The van der Waals surface area contributed by atoms with E-state index in [-0.39, 0.29) is 5.02 Å². The maximum atomic E-state index is 11.2. The number of aromatic amines is 1. The summed E-state index contributed by atoms with van der Waals surface area (Å²) in [5, 5.41) is 9.86. The molecule has 20 heavy (non-hydrogen) atoms. The summed E-state index contributed by atoms with van der Waals surface area (Å²) in [5.41, 5.74) is 2.54. The van der Waals surface area contributed by atoms with Crippen LogP contribution >= 0.6 is 11.6 Å². The topological polar surface area (TPSA) is 83.3 Å². The molecule has 0 aliphatic heterocycles. The van der Waals surface area contributed by atoms with Crippen molar-refractivity contribution in [3.05, 3.63) is 45.2 Å². The van der Waals surface area contributed by atoms with E-state index in [0.717, 1.165) is 5.76 Å². The molecule has 1 saturated carbocycles. The molecule has 2 N–H and O–H groups in total. The Morgan fingerprint density at radius 1 is 1.60 bits per heavy atom. The van der Waals surface area contributed by atoms with Gasteiger partial charge < -0.3 is 4.42 Å². The van der Waals surface area contributed by atoms with Gasteiger partial charge in [0.15, 0.2) is 0 Å². The molecule has 1 aliphatic carbocycles. The lowest BCUT2D eigenvalue weighted by Crippen LogP contribution is -2.09. The number of furan rings is 1. The van der Waals surface area contributed by atoms with Crippen molar-refractivity contribution in [3.63, 3.8) is 0 Å². The number of hydrogen-bond acceptors (Lipinski definition) is 5. The third kappa shape index (κ3) is 2.60. The first-order valence-corrected chi connectivity index (χ1v) is 6.65. The molecule has 6 nitrogen and oxygen atoms in total. The van der Waals surface area contributed by atoms with Crippen molar-refractivity contribution in [3.8, 4) is 0 Å². The number of nitrogens with one attached hydrogen (secondary N) is 2. The minimum Gasteiger partial charge on any atom is -0.460 e. The third-order valence-corrected chi connectivity index (χ3v) is 3.67. The number of nitrogens with zero attached hydrogens (tertiary/aromatic N) is 2. The highest BCUT2D eigenvalue weighted by Gasteiger charge is 2.36. The number of hydrogen-bond donors (Lipinski definition) is 2. The zero-order valence-electron chi connectivity index (χ0n) is 10.8. The van der Waals surface area contributed by atoms with Crippen molar-refractivity contribution in [2.75, 3.05) is 5.43 Å². The van der Waals surface area contributed by atoms with Crippen LogP contribution in [0.15, 0.2) is 32.6 Å². The second-order valence-corrected chi connectivity index (χ2v) is 5.23. The average molecular weight is 293 g/mol. The standard InChI is InChI=1S/C13H13ClN4O2/c1-7-4-9(7)11-3-2-8(20-11)5-15-17-10-6-16-18-13(19)12(10)14/h2-3,5-7,9H,4H2,1H3,(H2,17,18,19)/b15-5-/t7-,9+/m1/s1. The highest BCUT2D eigenvalue weighted by Crippen LogP contribution is 2.47. The van der Waals surface area contributed by atoms with E-state index in [1.165, 1.54) is 18.8 Å². The summed E-state index contributed by atoms with van der Waals surface area (Å²) in [6, 6.07) is 3.83. The zero-order chi connectivity index (χ0) is 14.1. The number of hydrazone groups is 1. The van der Waals surface area contributed by atoms with Crippen LogP contribution in [0.4, 0.5) is 5.69 Å². The van der Waals surface area contributed by atoms with Crippen molar-refractivity contribution >= 4 is 23.5 Å². The first kappa shape index (κ1) is 12.9. The summed E-state index contributed by atoms with van der Waals surface area (Å²) in [7, 11) is 0. The molecule has 0 spiro atoms. The molecule has 0 unspecified atom stereocenters. The lowest BCUT2D eigenvalue weighted by molar-refractivity contribution is 0.500. The first-order chi connectivity index (χ1) is 9.65. The maximum Gasteiger partial charge on any atom is 0.285 e. The van der Waals surface area contributed by atoms with Gasteiger partial charge in [0.2, 0.25) is 0 Å². The molecule has 1 aliphatic rings. The minimum absolute atomic E-state index is 0.0177. The summed E-state index contributed by atoms with van der Waals surface area (Å²) in [4.78, 5) is 11.2. The Balaban J connectivity index is 1.67. The van der Waals surface area contributed by atoms with Crippen LogP contribution in [-0.2, 0) is 0 Å². The molecule has 0 amide bonds. The molecule has 3 rings (SSSR count). The van der Waals surface area contributed by atoms with E-state index in [9.17, 15) is 4.79 Å². The largest absolute Gasteiger partial charge is 0.460 e. The van der Waals surface area contributed by atoms with Gasteiger partial charge in [-0.2, -0.15) is 10.2 Å². The molecule has 0 bridgehead atoms. The number of anilines is 1. The molecule has 0 saturated heterocycles. The summed E-state index contributed by atoms with van der Waals surface area (Å²) in [6.45, 7) is 2.20. The fourth-order valence-electron chi connectivity index (χ4n) is 1.98.